The first-order valence-electron chi connectivity index (χ1n) is 13.1. The lowest BCUT2D eigenvalue weighted by Crippen LogP contribution is -2.26. The molecule has 0 saturated heterocycles. The van der Waals surface area contributed by atoms with Crippen LogP contribution in [0.25, 0.3) is 44.1 Å². The third-order valence-electron chi connectivity index (χ3n) is 7.80. The number of alkyl halides is 6. The summed E-state index contributed by atoms with van der Waals surface area (Å²) in [5.41, 5.74) is -15.4. The van der Waals surface area contributed by atoms with Crippen LogP contribution in [0.1, 0.15) is 22.3 Å². The van der Waals surface area contributed by atoms with Gasteiger partial charge in [-0.1, -0.05) is 6.08 Å². The molecular formula is C32H6F14N4. The molecule has 0 amide bonds. The highest BCUT2D eigenvalue weighted by molar-refractivity contribution is 5.88. The first-order chi connectivity index (χ1) is 23.3. The molecule has 2 aliphatic carbocycles. The summed E-state index contributed by atoms with van der Waals surface area (Å²) in [6.45, 7) is 14.5. The molecule has 5 rings (SSSR count). The van der Waals surface area contributed by atoms with Gasteiger partial charge in [-0.3, -0.25) is 0 Å². The zero-order chi connectivity index (χ0) is 37.4. The Morgan fingerprint density at radius 1 is 0.540 bits per heavy atom. The monoisotopic (exact) mass is 712 g/mol. The van der Waals surface area contributed by atoms with E-state index in [0.29, 0.717) is 12.2 Å². The molecule has 50 heavy (non-hydrogen) atoms. The number of nitrogens with zero attached hydrogens (tertiary/aromatic N) is 4. The molecule has 0 fully saturated rings. The molecular weight excluding hydrogens is 706 g/mol. The van der Waals surface area contributed by atoms with E-state index in [1.807, 2.05) is 0 Å². The fourth-order valence-electron chi connectivity index (χ4n) is 5.83. The van der Waals surface area contributed by atoms with Gasteiger partial charge in [0, 0.05) is 6.42 Å². The number of fused-ring (bicyclic) bond motifs is 2. The first kappa shape index (κ1) is 35.2. The zero-order valence-electron chi connectivity index (χ0n) is 23.6. The van der Waals surface area contributed by atoms with Gasteiger partial charge in [0.2, 0.25) is 0 Å². The number of rotatable bonds is 2. The molecule has 0 bridgehead atoms. The lowest BCUT2D eigenvalue weighted by Gasteiger charge is -2.20. The highest BCUT2D eigenvalue weighted by Crippen LogP contribution is 2.44. The number of allylic oxidation sites excluding steroid dienone is 3. The highest BCUT2D eigenvalue weighted by Gasteiger charge is 2.45. The van der Waals surface area contributed by atoms with Crippen molar-refractivity contribution in [3.63, 3.8) is 0 Å². The van der Waals surface area contributed by atoms with E-state index in [1.54, 1.807) is 0 Å². The Bertz CT molecular complexity index is 2210. The van der Waals surface area contributed by atoms with Gasteiger partial charge >= 0.3 is 18.2 Å². The zero-order valence-corrected chi connectivity index (χ0v) is 23.6. The number of hydrogen-bond acceptors (Lipinski definition) is 2. The molecule has 4 nitrogen and oxygen atoms in total. The molecule has 0 N–H and O–H groups in total. The topological polar surface area (TPSA) is 56.3 Å². The van der Waals surface area contributed by atoms with Crippen LogP contribution < -0.4 is 10.4 Å². The molecule has 0 unspecified atom stereocenters. The molecule has 2 aliphatic rings. The second-order valence-corrected chi connectivity index (χ2v) is 10.4. The molecule has 0 aromatic heterocycles. The van der Waals surface area contributed by atoms with Crippen LogP contribution in [0.2, 0.25) is 0 Å². The Morgan fingerprint density at radius 3 is 1.16 bits per heavy atom. The summed E-state index contributed by atoms with van der Waals surface area (Å²) in [5.74, 6) is -23.5. The molecule has 252 valence electrons. The summed E-state index contributed by atoms with van der Waals surface area (Å²) in [6, 6.07) is 2.78. The van der Waals surface area contributed by atoms with Gasteiger partial charge in [-0.05, 0) is 50.8 Å². The van der Waals surface area contributed by atoms with Crippen molar-refractivity contribution < 1.29 is 61.5 Å². The largest absolute Gasteiger partial charge is 0.522 e. The molecule has 0 saturated carbocycles. The van der Waals surface area contributed by atoms with Gasteiger partial charge in [-0.15, -0.1) is 0 Å². The van der Waals surface area contributed by atoms with E-state index in [9.17, 15) is 54.4 Å². The minimum Gasteiger partial charge on any atom is -0.203 e. The van der Waals surface area contributed by atoms with E-state index in [1.165, 1.54) is 12.1 Å². The number of nitriles is 2. The van der Waals surface area contributed by atoms with Crippen molar-refractivity contribution in [1.29, 1.82) is 10.5 Å². The predicted octanol–water partition coefficient (Wildman–Crippen LogP) is 8.24. The van der Waals surface area contributed by atoms with Gasteiger partial charge in [0.05, 0.1) is 16.7 Å². The van der Waals surface area contributed by atoms with Crippen LogP contribution in [0.15, 0.2) is 22.5 Å². The van der Waals surface area contributed by atoms with Crippen LogP contribution >= 0.6 is 0 Å². The van der Waals surface area contributed by atoms with E-state index in [-0.39, 0.29) is 0 Å². The summed E-state index contributed by atoms with van der Waals surface area (Å²) in [5, 5.41) is 17.1. The van der Waals surface area contributed by atoms with E-state index in [4.69, 9.17) is 13.1 Å². The Balaban J connectivity index is 2.13. The second-order valence-electron chi connectivity index (χ2n) is 10.4. The highest BCUT2D eigenvalue weighted by atomic mass is 19.4. The van der Waals surface area contributed by atoms with Crippen molar-refractivity contribution in [3.8, 4) is 34.4 Å². The molecule has 3 aromatic carbocycles. The summed E-state index contributed by atoms with van der Waals surface area (Å²) in [4.78, 5) is 5.77. The maximum atomic E-state index is 15.6. The number of hydrogen-bond donors (Lipinski definition) is 0. The van der Waals surface area contributed by atoms with E-state index < -0.39 is 149 Å². The lowest BCUT2D eigenvalue weighted by atomic mass is 9.85. The van der Waals surface area contributed by atoms with Crippen molar-refractivity contribution in [2.75, 3.05) is 0 Å². The van der Waals surface area contributed by atoms with Gasteiger partial charge in [0.25, 0.3) is 0 Å². The van der Waals surface area contributed by atoms with Gasteiger partial charge in [0.1, 0.15) is 42.0 Å². The van der Waals surface area contributed by atoms with Crippen LogP contribution in [0.5, 0.6) is 0 Å². The van der Waals surface area contributed by atoms with Crippen LogP contribution in [-0.2, 0) is 25.2 Å². The Hall–Kier alpha value is -6.14. The van der Waals surface area contributed by atoms with Crippen molar-refractivity contribution in [3.05, 3.63) is 125 Å². The summed E-state index contributed by atoms with van der Waals surface area (Å²) < 4.78 is 202. The van der Waals surface area contributed by atoms with Crippen molar-refractivity contribution in [2.24, 2.45) is 0 Å². The van der Waals surface area contributed by atoms with Crippen molar-refractivity contribution in [1.82, 2.24) is 0 Å². The predicted molar refractivity (Wildman–Crippen MR) is 141 cm³/mol. The lowest BCUT2D eigenvalue weighted by molar-refractivity contribution is -0.144. The maximum absolute atomic E-state index is 15.6. The second kappa shape index (κ2) is 11.8. The van der Waals surface area contributed by atoms with Gasteiger partial charge in [-0.25, -0.2) is 35.1 Å². The molecule has 0 aliphatic heterocycles. The normalized spacial score (nSPS) is 13.4. The van der Waals surface area contributed by atoms with Crippen molar-refractivity contribution in [2.45, 2.75) is 25.2 Å². The maximum Gasteiger partial charge on any atom is 0.522 e. The minimum atomic E-state index is -6.01. The van der Waals surface area contributed by atoms with Gasteiger partial charge in [0.15, 0.2) is 46.5 Å². The molecule has 18 heteroatoms. The molecule has 0 spiro atoms. The van der Waals surface area contributed by atoms with Crippen LogP contribution in [0.4, 0.5) is 61.5 Å². The third-order valence-corrected chi connectivity index (χ3v) is 7.80. The third kappa shape index (κ3) is 5.03. The van der Waals surface area contributed by atoms with Crippen LogP contribution in [0, 0.1) is 82.3 Å². The average molecular weight is 712 g/mol. The molecule has 0 heterocycles. The van der Waals surface area contributed by atoms with Crippen LogP contribution in [-0.4, -0.2) is 0 Å². The van der Waals surface area contributed by atoms with Gasteiger partial charge in [-0.2, -0.15) is 46.6 Å². The number of benzene rings is 3. The van der Waals surface area contributed by atoms with E-state index in [0.717, 1.165) is 0 Å². The van der Waals surface area contributed by atoms with Crippen molar-refractivity contribution >= 4 is 12.2 Å². The first-order valence-corrected chi connectivity index (χ1v) is 13.1. The quantitative estimate of drug-likeness (QED) is 0.116. The van der Waals surface area contributed by atoms with Gasteiger partial charge < -0.3 is 0 Å². The van der Waals surface area contributed by atoms with E-state index in [2.05, 4.69) is 9.69 Å². The Kier molecular flexibility index (Phi) is 8.28. The molecule has 3 aromatic rings. The van der Waals surface area contributed by atoms with E-state index >= 15 is 17.6 Å². The Morgan fingerprint density at radius 2 is 0.860 bits per heavy atom. The standard InChI is InChI=1S/C32H6F14N4/c1-49-30(50-2)10-5-14-15(6-10)17(19-24(35)28(39)21(32(44,45)46)29(40)25(19)36)13-4-9(11(7-47)8-48)3-12(13)16(14)18-22(33)26(37)20(31(41,42)43)27(38)23(18)34/h3,6H,4-5H2. The molecule has 0 atom stereocenters. The summed E-state index contributed by atoms with van der Waals surface area (Å²) in [6.07, 6.45) is -12.6. The summed E-state index contributed by atoms with van der Waals surface area (Å²) >= 11 is 0. The molecule has 0 radical (unpaired) electrons. The average Bonchev–Trinajstić information content (AvgIpc) is 3.65. The Labute approximate surface area is 268 Å². The minimum absolute atomic E-state index is 0.482. The fourth-order valence-corrected chi connectivity index (χ4v) is 5.83. The smallest absolute Gasteiger partial charge is 0.203 e. The number of halogens is 14. The summed E-state index contributed by atoms with van der Waals surface area (Å²) in [7, 11) is 0. The SMILES string of the molecule is [C-]#[N+]C([N+]#[C-])=C1C=c2c(c(-c3c(F)c(F)c(C(F)(F)F)c(F)c3F)c3c(c2-c2c(F)c(F)c(C(F)(F)F)c(F)c2F)CC(=C(C#N)C#N)C=3)C1. The fraction of sp³-hybridized carbons (Fsp3) is 0.125. The van der Waals surface area contributed by atoms with Crippen LogP contribution in [0.3, 0.4) is 0 Å².